The SMILES string of the molecule is COc1ccc(C(=O)N2CCN(CCn3c(C(=O)N(C)c4ccccn4)nc4ccccc43)CC2)cc1OC. The molecule has 0 saturated carbocycles. The summed E-state index contributed by atoms with van der Waals surface area (Å²) in [7, 11) is 4.84. The van der Waals surface area contributed by atoms with Crippen LogP contribution >= 0.6 is 0 Å². The van der Waals surface area contributed by atoms with Crippen LogP contribution in [0.4, 0.5) is 5.82 Å². The van der Waals surface area contributed by atoms with Crippen LogP contribution in [0, 0.1) is 0 Å². The van der Waals surface area contributed by atoms with E-state index in [-0.39, 0.29) is 11.8 Å². The summed E-state index contributed by atoms with van der Waals surface area (Å²) < 4.78 is 12.6. The number of benzene rings is 2. The zero-order chi connectivity index (χ0) is 27.4. The summed E-state index contributed by atoms with van der Waals surface area (Å²) in [5, 5.41) is 0. The van der Waals surface area contributed by atoms with Gasteiger partial charge >= 0.3 is 0 Å². The molecule has 202 valence electrons. The minimum Gasteiger partial charge on any atom is -0.493 e. The number of hydrogen-bond donors (Lipinski definition) is 0. The van der Waals surface area contributed by atoms with Gasteiger partial charge in [-0.2, -0.15) is 0 Å². The van der Waals surface area contributed by atoms with Gasteiger partial charge in [0.25, 0.3) is 11.8 Å². The van der Waals surface area contributed by atoms with Crippen LogP contribution in [0.25, 0.3) is 11.0 Å². The number of ether oxygens (including phenoxy) is 2. The lowest BCUT2D eigenvalue weighted by molar-refractivity contribution is 0.0632. The molecule has 0 radical (unpaired) electrons. The van der Waals surface area contributed by atoms with Crippen molar-refractivity contribution in [3.05, 3.63) is 78.2 Å². The molecule has 2 aromatic heterocycles. The molecule has 4 aromatic rings. The molecule has 2 aromatic carbocycles. The Morgan fingerprint density at radius 2 is 1.64 bits per heavy atom. The van der Waals surface area contributed by atoms with E-state index in [4.69, 9.17) is 9.47 Å². The third-order valence-corrected chi connectivity index (χ3v) is 7.07. The average Bonchev–Trinajstić information content (AvgIpc) is 3.37. The van der Waals surface area contributed by atoms with Gasteiger partial charge in [0, 0.05) is 58.1 Å². The number of pyridine rings is 1. The molecule has 0 bridgehead atoms. The molecule has 1 fully saturated rings. The molecule has 10 nitrogen and oxygen atoms in total. The zero-order valence-electron chi connectivity index (χ0n) is 22.4. The third kappa shape index (κ3) is 5.42. The number of imidazole rings is 1. The van der Waals surface area contributed by atoms with Gasteiger partial charge in [-0.25, -0.2) is 9.97 Å². The second-order valence-corrected chi connectivity index (χ2v) is 9.33. The van der Waals surface area contributed by atoms with E-state index in [2.05, 4.69) is 14.9 Å². The van der Waals surface area contributed by atoms with Gasteiger partial charge in [0.1, 0.15) is 5.82 Å². The van der Waals surface area contributed by atoms with E-state index >= 15 is 0 Å². The van der Waals surface area contributed by atoms with Crippen molar-refractivity contribution in [3.8, 4) is 11.5 Å². The minimum atomic E-state index is -0.213. The Kier molecular flexibility index (Phi) is 7.74. The molecule has 0 N–H and O–H groups in total. The van der Waals surface area contributed by atoms with E-state index < -0.39 is 0 Å². The minimum absolute atomic E-state index is 0.0263. The molecular weight excluding hydrogens is 496 g/mol. The Morgan fingerprint density at radius 3 is 2.36 bits per heavy atom. The molecule has 2 amide bonds. The Balaban J connectivity index is 1.26. The van der Waals surface area contributed by atoms with Crippen LogP contribution in [0.3, 0.4) is 0 Å². The molecule has 0 aliphatic carbocycles. The number of anilines is 1. The summed E-state index contributed by atoms with van der Waals surface area (Å²) in [5.41, 5.74) is 2.27. The van der Waals surface area contributed by atoms with Crippen LogP contribution < -0.4 is 14.4 Å². The normalized spacial score (nSPS) is 13.9. The van der Waals surface area contributed by atoms with Crippen molar-refractivity contribution in [2.75, 3.05) is 58.9 Å². The Bertz CT molecular complexity index is 1460. The molecule has 1 saturated heterocycles. The topological polar surface area (TPSA) is 93.0 Å². The van der Waals surface area contributed by atoms with Gasteiger partial charge in [-0.3, -0.25) is 19.4 Å². The number of rotatable bonds is 8. The maximum absolute atomic E-state index is 13.5. The number of fused-ring (bicyclic) bond motifs is 1. The lowest BCUT2D eigenvalue weighted by atomic mass is 10.1. The number of piperazine rings is 1. The largest absolute Gasteiger partial charge is 0.493 e. The van der Waals surface area contributed by atoms with E-state index in [1.54, 1.807) is 51.7 Å². The van der Waals surface area contributed by atoms with Gasteiger partial charge < -0.3 is 18.9 Å². The highest BCUT2D eigenvalue weighted by Crippen LogP contribution is 2.28. The smallest absolute Gasteiger partial charge is 0.295 e. The zero-order valence-corrected chi connectivity index (χ0v) is 22.4. The van der Waals surface area contributed by atoms with Crippen molar-refractivity contribution < 1.29 is 19.1 Å². The maximum Gasteiger partial charge on any atom is 0.295 e. The van der Waals surface area contributed by atoms with Gasteiger partial charge in [-0.15, -0.1) is 0 Å². The number of para-hydroxylation sites is 2. The summed E-state index contributed by atoms with van der Waals surface area (Å²) in [4.78, 5) is 41.2. The highest BCUT2D eigenvalue weighted by molar-refractivity contribution is 6.04. The van der Waals surface area contributed by atoms with E-state index in [0.29, 0.717) is 48.3 Å². The lowest BCUT2D eigenvalue weighted by Gasteiger charge is -2.35. The Labute approximate surface area is 227 Å². The molecule has 3 heterocycles. The van der Waals surface area contributed by atoms with Crippen LogP contribution in [0.1, 0.15) is 21.0 Å². The number of aromatic nitrogens is 3. The standard InChI is InChI=1S/C29H32N6O4/c1-32(26-10-6-7-13-30-26)29(37)27-31-22-8-4-5-9-23(22)35(27)19-16-33-14-17-34(18-15-33)28(36)21-11-12-24(38-2)25(20-21)39-3/h4-13,20H,14-19H2,1-3H3. The van der Waals surface area contributed by atoms with Gasteiger partial charge in [-0.1, -0.05) is 18.2 Å². The average molecular weight is 529 g/mol. The number of hydrogen-bond acceptors (Lipinski definition) is 7. The fraction of sp³-hybridized carbons (Fsp3) is 0.310. The first-order valence-corrected chi connectivity index (χ1v) is 12.9. The molecular formula is C29H32N6O4. The van der Waals surface area contributed by atoms with E-state index in [9.17, 15) is 9.59 Å². The lowest BCUT2D eigenvalue weighted by Crippen LogP contribution is -2.49. The molecule has 0 unspecified atom stereocenters. The number of nitrogens with zero attached hydrogens (tertiary/aromatic N) is 6. The number of methoxy groups -OCH3 is 2. The third-order valence-electron chi connectivity index (χ3n) is 7.07. The summed E-state index contributed by atoms with van der Waals surface area (Å²) in [6.45, 7) is 4.04. The summed E-state index contributed by atoms with van der Waals surface area (Å²) >= 11 is 0. The maximum atomic E-state index is 13.5. The van der Waals surface area contributed by atoms with Crippen LogP contribution in [0.2, 0.25) is 0 Å². The second-order valence-electron chi connectivity index (χ2n) is 9.33. The highest BCUT2D eigenvalue weighted by atomic mass is 16.5. The van der Waals surface area contributed by atoms with Crippen molar-refractivity contribution in [2.24, 2.45) is 0 Å². The number of carbonyl (C=O) groups excluding carboxylic acids is 2. The van der Waals surface area contributed by atoms with Crippen molar-refractivity contribution in [1.29, 1.82) is 0 Å². The Hall–Kier alpha value is -4.44. The van der Waals surface area contributed by atoms with E-state index in [0.717, 1.165) is 30.7 Å². The molecule has 10 heteroatoms. The van der Waals surface area contributed by atoms with Gasteiger partial charge in [-0.05, 0) is 42.5 Å². The number of carbonyl (C=O) groups is 2. The second kappa shape index (κ2) is 11.5. The molecule has 0 spiro atoms. The first kappa shape index (κ1) is 26.2. The first-order chi connectivity index (χ1) is 19.0. The van der Waals surface area contributed by atoms with Crippen LogP contribution in [0.15, 0.2) is 66.9 Å². The molecule has 1 aliphatic rings. The van der Waals surface area contributed by atoms with Crippen LogP contribution in [0.5, 0.6) is 11.5 Å². The predicted molar refractivity (Wildman–Crippen MR) is 149 cm³/mol. The molecule has 0 atom stereocenters. The molecule has 1 aliphatic heterocycles. The predicted octanol–water partition coefficient (Wildman–Crippen LogP) is 3.18. The van der Waals surface area contributed by atoms with Gasteiger partial charge in [0.15, 0.2) is 11.5 Å². The summed E-state index contributed by atoms with van der Waals surface area (Å²) in [5.74, 6) is 1.84. The molecule has 5 rings (SSSR count). The van der Waals surface area contributed by atoms with Gasteiger partial charge in [0.2, 0.25) is 5.82 Å². The first-order valence-electron chi connectivity index (χ1n) is 12.9. The van der Waals surface area contributed by atoms with E-state index in [1.165, 1.54) is 4.90 Å². The van der Waals surface area contributed by atoms with Crippen LogP contribution in [-0.4, -0.2) is 90.1 Å². The fourth-order valence-corrected chi connectivity index (χ4v) is 4.84. The van der Waals surface area contributed by atoms with Crippen molar-refractivity contribution in [1.82, 2.24) is 24.3 Å². The Morgan fingerprint density at radius 1 is 0.897 bits per heavy atom. The summed E-state index contributed by atoms with van der Waals surface area (Å²) in [6, 6.07) is 18.5. The van der Waals surface area contributed by atoms with Crippen molar-refractivity contribution in [2.45, 2.75) is 6.54 Å². The monoisotopic (exact) mass is 528 g/mol. The molecule has 39 heavy (non-hydrogen) atoms. The van der Waals surface area contributed by atoms with Crippen LogP contribution in [-0.2, 0) is 6.54 Å². The van der Waals surface area contributed by atoms with Crippen molar-refractivity contribution in [3.63, 3.8) is 0 Å². The summed E-state index contributed by atoms with van der Waals surface area (Å²) in [6.07, 6.45) is 1.66. The quantitative estimate of drug-likeness (QED) is 0.347. The van der Waals surface area contributed by atoms with E-state index in [1.807, 2.05) is 45.9 Å². The van der Waals surface area contributed by atoms with Gasteiger partial charge in [0.05, 0.1) is 25.3 Å². The number of amides is 2. The van der Waals surface area contributed by atoms with Crippen molar-refractivity contribution >= 4 is 28.7 Å². The highest BCUT2D eigenvalue weighted by Gasteiger charge is 2.25. The fourth-order valence-electron chi connectivity index (χ4n) is 4.84.